The molecule has 0 N–H and O–H groups in total. The van der Waals surface area contributed by atoms with Gasteiger partial charge in [-0.25, -0.2) is 0 Å². The van der Waals surface area contributed by atoms with Gasteiger partial charge in [-0.3, -0.25) is 0 Å². The molecule has 0 atom stereocenters. The largest absolute Gasteiger partial charge is 0.359 e. The van der Waals surface area contributed by atoms with Crippen LogP contribution in [0.4, 0.5) is 0 Å². The van der Waals surface area contributed by atoms with Crippen LogP contribution < -0.4 is 0 Å². The number of hydrogen-bond acceptors (Lipinski definition) is 3. The van der Waals surface area contributed by atoms with Gasteiger partial charge in [-0.2, -0.15) is 0 Å². The lowest BCUT2D eigenvalue weighted by molar-refractivity contribution is -0.0309. The minimum absolute atomic E-state index is 0.406. The average Bonchev–Trinajstić information content (AvgIpc) is 2.51. The molecule has 0 amide bonds. The second kappa shape index (κ2) is 6.13. The zero-order chi connectivity index (χ0) is 9.52. The molecule has 1 rings (SSSR count). The quantitative estimate of drug-likeness (QED) is 0.519. The molecule has 0 radical (unpaired) electrons. The first-order valence-corrected chi connectivity index (χ1v) is 5.26. The second-order valence-electron chi connectivity index (χ2n) is 2.93. The highest BCUT2D eigenvalue weighted by atomic mass is 32.1. The minimum atomic E-state index is 0.406. The molecular formula is C10H16O2S. The summed E-state index contributed by atoms with van der Waals surface area (Å²) in [5.74, 6) is 0. The van der Waals surface area contributed by atoms with Crippen molar-refractivity contribution in [2.24, 2.45) is 0 Å². The molecule has 0 spiro atoms. The van der Waals surface area contributed by atoms with Gasteiger partial charge in [0.05, 0.1) is 0 Å². The van der Waals surface area contributed by atoms with Crippen LogP contribution in [-0.2, 0) is 15.9 Å². The molecule has 0 bridgehead atoms. The van der Waals surface area contributed by atoms with Crippen molar-refractivity contribution in [3.63, 3.8) is 0 Å². The summed E-state index contributed by atoms with van der Waals surface area (Å²) in [4.78, 5) is 2.83. The van der Waals surface area contributed by atoms with E-state index in [1.165, 1.54) is 9.75 Å². The lowest BCUT2D eigenvalue weighted by Gasteiger charge is -2.00. The lowest BCUT2D eigenvalue weighted by Crippen LogP contribution is -1.99. The first-order chi connectivity index (χ1) is 6.33. The molecular weight excluding hydrogens is 184 g/mol. The highest BCUT2D eigenvalue weighted by Crippen LogP contribution is 2.16. The third-order valence-electron chi connectivity index (χ3n) is 1.71. The van der Waals surface area contributed by atoms with Gasteiger partial charge in [0, 0.05) is 23.5 Å². The average molecular weight is 200 g/mol. The zero-order valence-corrected chi connectivity index (χ0v) is 9.02. The molecule has 3 heteroatoms. The van der Waals surface area contributed by atoms with Crippen molar-refractivity contribution in [3.05, 3.63) is 21.9 Å². The fraction of sp³-hybridized carbons (Fsp3) is 0.600. The normalized spacial score (nSPS) is 10.6. The second-order valence-corrected chi connectivity index (χ2v) is 4.30. The summed E-state index contributed by atoms with van der Waals surface area (Å²) in [5.41, 5.74) is 0. The van der Waals surface area contributed by atoms with Gasteiger partial charge in [-0.15, -0.1) is 11.3 Å². The number of rotatable bonds is 6. The summed E-state index contributed by atoms with van der Waals surface area (Å²) in [5, 5.41) is 0. The van der Waals surface area contributed by atoms with E-state index in [1.807, 2.05) is 11.3 Å². The summed E-state index contributed by atoms with van der Waals surface area (Å²) >= 11 is 1.86. The summed E-state index contributed by atoms with van der Waals surface area (Å²) in [7, 11) is 1.64. The number of ether oxygens (including phenoxy) is 2. The third-order valence-corrected chi connectivity index (χ3v) is 2.77. The maximum atomic E-state index is 5.19. The maximum absolute atomic E-state index is 5.19. The van der Waals surface area contributed by atoms with Crippen LogP contribution in [0.25, 0.3) is 0 Å². The lowest BCUT2D eigenvalue weighted by atomic mass is 10.3. The maximum Gasteiger partial charge on any atom is 0.146 e. The molecule has 74 valence electrons. The van der Waals surface area contributed by atoms with Crippen LogP contribution in [0.5, 0.6) is 0 Å². The summed E-state index contributed by atoms with van der Waals surface area (Å²) in [6, 6.07) is 4.35. The van der Waals surface area contributed by atoms with E-state index in [0.29, 0.717) is 6.79 Å². The topological polar surface area (TPSA) is 18.5 Å². The van der Waals surface area contributed by atoms with E-state index in [1.54, 1.807) is 7.11 Å². The van der Waals surface area contributed by atoms with E-state index >= 15 is 0 Å². The van der Waals surface area contributed by atoms with Crippen molar-refractivity contribution in [1.82, 2.24) is 0 Å². The van der Waals surface area contributed by atoms with Gasteiger partial charge in [-0.1, -0.05) is 0 Å². The first kappa shape index (κ1) is 10.7. The van der Waals surface area contributed by atoms with E-state index < -0.39 is 0 Å². The van der Waals surface area contributed by atoms with Gasteiger partial charge in [0.15, 0.2) is 0 Å². The Labute approximate surface area is 83.5 Å². The first-order valence-electron chi connectivity index (χ1n) is 4.45. The highest BCUT2D eigenvalue weighted by Gasteiger charge is 1.96. The minimum Gasteiger partial charge on any atom is -0.359 e. The summed E-state index contributed by atoms with van der Waals surface area (Å²) in [6.45, 7) is 3.32. The molecule has 13 heavy (non-hydrogen) atoms. The molecule has 0 aromatic carbocycles. The Morgan fingerprint density at radius 3 is 2.85 bits per heavy atom. The van der Waals surface area contributed by atoms with Gasteiger partial charge in [0.1, 0.15) is 6.79 Å². The smallest absolute Gasteiger partial charge is 0.146 e. The molecule has 1 aromatic rings. The number of aryl methyl sites for hydroxylation is 2. The number of hydrogen-bond donors (Lipinski definition) is 0. The standard InChI is InChI=1S/C10H16O2S/c1-9-5-6-10(13-9)4-3-7-12-8-11-2/h5-6H,3-4,7-8H2,1-2H3. The Morgan fingerprint density at radius 2 is 2.23 bits per heavy atom. The number of thiophene rings is 1. The van der Waals surface area contributed by atoms with Gasteiger partial charge >= 0.3 is 0 Å². The van der Waals surface area contributed by atoms with Crippen molar-refractivity contribution in [2.45, 2.75) is 19.8 Å². The summed E-state index contributed by atoms with van der Waals surface area (Å²) in [6.07, 6.45) is 2.19. The molecule has 0 saturated carbocycles. The van der Waals surface area contributed by atoms with E-state index in [0.717, 1.165) is 19.4 Å². The van der Waals surface area contributed by atoms with Gasteiger partial charge in [-0.05, 0) is 31.9 Å². The van der Waals surface area contributed by atoms with Gasteiger partial charge in [0.2, 0.25) is 0 Å². The number of methoxy groups -OCH3 is 1. The van der Waals surface area contributed by atoms with Crippen molar-refractivity contribution in [2.75, 3.05) is 20.5 Å². The van der Waals surface area contributed by atoms with E-state index in [9.17, 15) is 0 Å². The van der Waals surface area contributed by atoms with Crippen molar-refractivity contribution in [1.29, 1.82) is 0 Å². The molecule has 2 nitrogen and oxygen atoms in total. The predicted molar refractivity (Wildman–Crippen MR) is 55.2 cm³/mol. The van der Waals surface area contributed by atoms with Gasteiger partial charge < -0.3 is 9.47 Å². The van der Waals surface area contributed by atoms with Gasteiger partial charge in [0.25, 0.3) is 0 Å². The Morgan fingerprint density at radius 1 is 1.38 bits per heavy atom. The summed E-state index contributed by atoms with van der Waals surface area (Å²) < 4.78 is 9.97. The molecule has 0 aliphatic carbocycles. The van der Waals surface area contributed by atoms with E-state index in [-0.39, 0.29) is 0 Å². The Balaban J connectivity index is 2.06. The Hall–Kier alpha value is -0.380. The van der Waals surface area contributed by atoms with Crippen LogP contribution in [0.1, 0.15) is 16.2 Å². The van der Waals surface area contributed by atoms with Crippen LogP contribution >= 0.6 is 11.3 Å². The predicted octanol–water partition coefficient (Wildman–Crippen LogP) is 2.61. The van der Waals surface area contributed by atoms with E-state index in [4.69, 9.17) is 9.47 Å². The van der Waals surface area contributed by atoms with Crippen LogP contribution in [0.3, 0.4) is 0 Å². The SMILES string of the molecule is COCOCCCc1ccc(C)s1. The molecule has 1 heterocycles. The van der Waals surface area contributed by atoms with E-state index in [2.05, 4.69) is 19.1 Å². The van der Waals surface area contributed by atoms with Crippen LogP contribution in [-0.4, -0.2) is 20.5 Å². The van der Waals surface area contributed by atoms with Crippen molar-refractivity contribution < 1.29 is 9.47 Å². The highest BCUT2D eigenvalue weighted by molar-refractivity contribution is 7.11. The molecule has 0 fully saturated rings. The van der Waals surface area contributed by atoms with Crippen molar-refractivity contribution >= 4 is 11.3 Å². The van der Waals surface area contributed by atoms with Crippen LogP contribution in [0.2, 0.25) is 0 Å². The monoisotopic (exact) mass is 200 g/mol. The van der Waals surface area contributed by atoms with Crippen LogP contribution in [0.15, 0.2) is 12.1 Å². The zero-order valence-electron chi connectivity index (χ0n) is 8.21. The van der Waals surface area contributed by atoms with Crippen LogP contribution in [0, 0.1) is 6.92 Å². The molecule has 0 aliphatic heterocycles. The Bertz CT molecular complexity index is 233. The fourth-order valence-corrected chi connectivity index (χ4v) is 2.04. The fourth-order valence-electron chi connectivity index (χ4n) is 1.11. The third kappa shape index (κ3) is 4.41. The molecule has 0 aliphatic rings. The molecule has 0 unspecified atom stereocenters. The molecule has 1 aromatic heterocycles. The Kier molecular flexibility index (Phi) is 5.05. The molecule has 0 saturated heterocycles. The van der Waals surface area contributed by atoms with Crippen molar-refractivity contribution in [3.8, 4) is 0 Å².